The van der Waals surface area contributed by atoms with Gasteiger partial charge in [-0.15, -0.1) is 0 Å². The van der Waals surface area contributed by atoms with Crippen LogP contribution in [0.4, 0.5) is 5.69 Å². The van der Waals surface area contributed by atoms with Gasteiger partial charge in [0.25, 0.3) is 11.6 Å². The molecule has 1 aromatic rings. The minimum Gasteiger partial charge on any atom is -0.317 e. The number of rotatable bonds is 4. The molecule has 1 aliphatic rings. The molecule has 21 heavy (non-hydrogen) atoms. The van der Waals surface area contributed by atoms with E-state index in [0.29, 0.717) is 0 Å². The normalized spacial score (nSPS) is 14.4. The van der Waals surface area contributed by atoms with Gasteiger partial charge in [0.15, 0.2) is 0 Å². The first kappa shape index (κ1) is 15.3. The van der Waals surface area contributed by atoms with Gasteiger partial charge in [0.05, 0.1) is 21.6 Å². The van der Waals surface area contributed by atoms with Gasteiger partial charge < -0.3 is 4.90 Å². The summed E-state index contributed by atoms with van der Waals surface area (Å²) in [6.07, 6.45) is 1.70. The van der Waals surface area contributed by atoms with Gasteiger partial charge >= 0.3 is 0 Å². The highest BCUT2D eigenvalue weighted by atomic mass is 35.5. The van der Waals surface area contributed by atoms with E-state index in [1.165, 1.54) is 17.0 Å². The Morgan fingerprint density at radius 3 is 2.57 bits per heavy atom. The Kier molecular flexibility index (Phi) is 3.88. The number of non-ortho nitro benzene ring substituents is 1. The summed E-state index contributed by atoms with van der Waals surface area (Å²) < 4.78 is 0. The quantitative estimate of drug-likeness (QED) is 0.631. The molecule has 1 aliphatic carbocycles. The van der Waals surface area contributed by atoms with Gasteiger partial charge in [-0.1, -0.05) is 11.6 Å². The minimum atomic E-state index is -0.955. The second-order valence-electron chi connectivity index (χ2n) is 5.50. The topological polar surface area (TPSA) is 87.2 Å². The van der Waals surface area contributed by atoms with Crippen LogP contribution in [0, 0.1) is 21.4 Å². The number of hydrogen-bond donors (Lipinski definition) is 0. The number of benzene rings is 1. The van der Waals surface area contributed by atoms with Crippen molar-refractivity contribution in [2.75, 3.05) is 0 Å². The van der Waals surface area contributed by atoms with Crippen molar-refractivity contribution in [3.05, 3.63) is 38.9 Å². The molecule has 0 spiro atoms. The molecule has 0 aromatic heterocycles. The number of halogens is 1. The Morgan fingerprint density at radius 1 is 1.52 bits per heavy atom. The van der Waals surface area contributed by atoms with Crippen molar-refractivity contribution in [2.45, 2.75) is 38.3 Å². The van der Waals surface area contributed by atoms with E-state index in [9.17, 15) is 20.2 Å². The van der Waals surface area contributed by atoms with Gasteiger partial charge in [-0.2, -0.15) is 5.26 Å². The SMILES string of the molecule is CC(C)(C#N)N(C(=O)c1ccc([N+](=O)[O-])cc1Cl)C1CC1. The molecule has 0 radical (unpaired) electrons. The lowest BCUT2D eigenvalue weighted by molar-refractivity contribution is -0.384. The molecule has 1 aromatic carbocycles. The first-order chi connectivity index (χ1) is 9.77. The van der Waals surface area contributed by atoms with Crippen LogP contribution in [0.3, 0.4) is 0 Å². The van der Waals surface area contributed by atoms with E-state index in [1.807, 2.05) is 0 Å². The third kappa shape index (κ3) is 2.98. The molecule has 0 saturated heterocycles. The van der Waals surface area contributed by atoms with Crippen molar-refractivity contribution < 1.29 is 9.72 Å². The number of nitro groups is 1. The molecule has 6 nitrogen and oxygen atoms in total. The smallest absolute Gasteiger partial charge is 0.270 e. The summed E-state index contributed by atoms with van der Waals surface area (Å²) in [6, 6.07) is 5.87. The number of hydrogen-bond acceptors (Lipinski definition) is 4. The van der Waals surface area contributed by atoms with Gasteiger partial charge in [-0.25, -0.2) is 0 Å². The van der Waals surface area contributed by atoms with Crippen LogP contribution in [0.2, 0.25) is 5.02 Å². The zero-order valence-electron chi connectivity index (χ0n) is 11.7. The number of carbonyl (C=O) groups excluding carboxylic acids is 1. The zero-order valence-corrected chi connectivity index (χ0v) is 12.4. The number of nitriles is 1. The predicted molar refractivity (Wildman–Crippen MR) is 77.0 cm³/mol. The molecule has 1 amide bonds. The Balaban J connectivity index is 2.39. The molecule has 110 valence electrons. The zero-order chi connectivity index (χ0) is 15.8. The highest BCUT2D eigenvalue weighted by molar-refractivity contribution is 6.34. The van der Waals surface area contributed by atoms with Crippen LogP contribution >= 0.6 is 11.6 Å². The van der Waals surface area contributed by atoms with E-state index < -0.39 is 10.5 Å². The first-order valence-corrected chi connectivity index (χ1v) is 6.84. The highest BCUT2D eigenvalue weighted by Gasteiger charge is 2.42. The number of amides is 1. The lowest BCUT2D eigenvalue weighted by Gasteiger charge is -2.33. The molecular weight excluding hydrogens is 294 g/mol. The van der Waals surface area contributed by atoms with Crippen molar-refractivity contribution >= 4 is 23.2 Å². The van der Waals surface area contributed by atoms with E-state index in [1.54, 1.807) is 13.8 Å². The van der Waals surface area contributed by atoms with Crippen molar-refractivity contribution in [1.29, 1.82) is 5.26 Å². The predicted octanol–water partition coefficient (Wildman–Crippen LogP) is 3.15. The summed E-state index contributed by atoms with van der Waals surface area (Å²) in [4.78, 5) is 24.3. The van der Waals surface area contributed by atoms with Gasteiger partial charge in [-0.3, -0.25) is 14.9 Å². The van der Waals surface area contributed by atoms with Crippen molar-refractivity contribution in [1.82, 2.24) is 4.90 Å². The Hall–Kier alpha value is -2.13. The van der Waals surface area contributed by atoms with Crippen LogP contribution < -0.4 is 0 Å². The molecule has 0 atom stereocenters. The van der Waals surface area contributed by atoms with E-state index in [2.05, 4.69) is 6.07 Å². The second kappa shape index (κ2) is 5.34. The monoisotopic (exact) mass is 307 g/mol. The van der Waals surface area contributed by atoms with E-state index in [0.717, 1.165) is 18.9 Å². The van der Waals surface area contributed by atoms with Crippen molar-refractivity contribution in [3.63, 3.8) is 0 Å². The standard InChI is InChI=1S/C14H14ClN3O3/c1-14(2,8-16)17(9-3-4-9)13(19)11-6-5-10(18(20)21)7-12(11)15/h5-7,9H,3-4H2,1-2H3. The van der Waals surface area contributed by atoms with E-state index in [-0.39, 0.29) is 28.2 Å². The fourth-order valence-electron chi connectivity index (χ4n) is 2.18. The van der Waals surface area contributed by atoms with Gasteiger partial charge in [-0.05, 0) is 32.8 Å². The Morgan fingerprint density at radius 2 is 2.14 bits per heavy atom. The average Bonchev–Trinajstić information content (AvgIpc) is 3.22. The lowest BCUT2D eigenvalue weighted by atomic mass is 10.0. The molecule has 0 bridgehead atoms. The number of carbonyl (C=O) groups is 1. The molecule has 0 unspecified atom stereocenters. The van der Waals surface area contributed by atoms with Crippen LogP contribution in [0.25, 0.3) is 0 Å². The maximum Gasteiger partial charge on any atom is 0.270 e. The summed E-state index contributed by atoms with van der Waals surface area (Å²) in [7, 11) is 0. The van der Waals surface area contributed by atoms with E-state index in [4.69, 9.17) is 11.6 Å². The molecule has 2 rings (SSSR count). The fourth-order valence-corrected chi connectivity index (χ4v) is 2.44. The maximum absolute atomic E-state index is 12.7. The van der Waals surface area contributed by atoms with Gasteiger partial charge in [0.1, 0.15) is 5.54 Å². The molecular formula is C14H14ClN3O3. The molecule has 1 fully saturated rings. The third-order valence-corrected chi connectivity index (χ3v) is 3.71. The van der Waals surface area contributed by atoms with Crippen LogP contribution in [0.1, 0.15) is 37.0 Å². The summed E-state index contributed by atoms with van der Waals surface area (Å²) in [5.41, 5.74) is -0.949. The van der Waals surface area contributed by atoms with Crippen LogP contribution in [-0.4, -0.2) is 27.3 Å². The van der Waals surface area contributed by atoms with Crippen LogP contribution in [0.5, 0.6) is 0 Å². The first-order valence-electron chi connectivity index (χ1n) is 6.47. The van der Waals surface area contributed by atoms with Crippen LogP contribution in [0.15, 0.2) is 18.2 Å². The average molecular weight is 308 g/mol. The van der Waals surface area contributed by atoms with Gasteiger partial charge in [0, 0.05) is 18.2 Å². The lowest BCUT2D eigenvalue weighted by Crippen LogP contribution is -2.48. The largest absolute Gasteiger partial charge is 0.317 e. The highest BCUT2D eigenvalue weighted by Crippen LogP contribution is 2.35. The molecule has 0 heterocycles. The van der Waals surface area contributed by atoms with Crippen molar-refractivity contribution in [2.24, 2.45) is 0 Å². The Bertz CT molecular complexity index is 647. The van der Waals surface area contributed by atoms with Crippen molar-refractivity contribution in [3.8, 4) is 6.07 Å². The van der Waals surface area contributed by atoms with Gasteiger partial charge in [0.2, 0.25) is 0 Å². The summed E-state index contributed by atoms with van der Waals surface area (Å²) in [6.45, 7) is 3.34. The molecule has 7 heteroatoms. The Labute approximate surface area is 127 Å². The summed E-state index contributed by atoms with van der Waals surface area (Å²) in [5.74, 6) is -0.371. The van der Waals surface area contributed by atoms with E-state index >= 15 is 0 Å². The van der Waals surface area contributed by atoms with Crippen LogP contribution in [-0.2, 0) is 0 Å². The molecule has 1 saturated carbocycles. The number of nitrogens with zero attached hydrogens (tertiary/aromatic N) is 3. The number of nitro benzene ring substituents is 1. The maximum atomic E-state index is 12.7. The molecule has 0 aliphatic heterocycles. The second-order valence-corrected chi connectivity index (χ2v) is 5.91. The summed E-state index contributed by atoms with van der Waals surface area (Å²) >= 11 is 6.00. The minimum absolute atomic E-state index is 0.0218. The molecule has 0 N–H and O–H groups in total. The fraction of sp³-hybridized carbons (Fsp3) is 0.429. The third-order valence-electron chi connectivity index (χ3n) is 3.40. The summed E-state index contributed by atoms with van der Waals surface area (Å²) in [5, 5.41) is 20.0.